The molecule has 3 N–H and O–H groups in total. The number of hydrogen-bond acceptors (Lipinski definition) is 5. The average Bonchev–Trinajstić information content (AvgIpc) is 3.07. The van der Waals surface area contributed by atoms with Crippen molar-refractivity contribution in [3.63, 3.8) is 0 Å². The Morgan fingerprint density at radius 1 is 1.04 bits per heavy atom. The lowest BCUT2D eigenvalue weighted by molar-refractivity contribution is 0.102. The summed E-state index contributed by atoms with van der Waals surface area (Å²) in [6, 6.07) is 16.8. The molecule has 0 saturated carbocycles. The second kappa shape index (κ2) is 6.64. The summed E-state index contributed by atoms with van der Waals surface area (Å²) in [6.45, 7) is 0.527. The molecule has 7 nitrogen and oxygen atoms in total. The molecule has 26 heavy (non-hydrogen) atoms. The van der Waals surface area contributed by atoms with Crippen LogP contribution in [-0.2, 0) is 6.54 Å². The molecular weight excluding hydrogens is 328 g/mol. The van der Waals surface area contributed by atoms with Crippen LogP contribution in [-0.4, -0.2) is 25.4 Å². The molecule has 2 heterocycles. The third kappa shape index (κ3) is 3.10. The van der Waals surface area contributed by atoms with E-state index in [1.165, 1.54) is 6.33 Å². The lowest BCUT2D eigenvalue weighted by Gasteiger charge is -2.08. The van der Waals surface area contributed by atoms with Crippen LogP contribution in [0.5, 0.6) is 0 Å². The number of nitrogens with two attached hydrogens (primary N) is 1. The number of carbonyl (C=O) groups is 1. The number of rotatable bonds is 4. The zero-order chi connectivity index (χ0) is 17.9. The van der Waals surface area contributed by atoms with Crippen molar-refractivity contribution in [2.75, 3.05) is 11.1 Å². The number of carbonyl (C=O) groups excluding carboxylic acids is 1. The van der Waals surface area contributed by atoms with Crippen LogP contribution >= 0.6 is 0 Å². The van der Waals surface area contributed by atoms with E-state index in [0.717, 1.165) is 11.3 Å². The van der Waals surface area contributed by atoms with Crippen LogP contribution in [0.15, 0.2) is 67.3 Å². The van der Waals surface area contributed by atoms with Gasteiger partial charge in [-0.05, 0) is 29.8 Å². The van der Waals surface area contributed by atoms with E-state index in [9.17, 15) is 4.79 Å². The Hall–Kier alpha value is -3.74. The molecule has 0 unspecified atom stereocenters. The van der Waals surface area contributed by atoms with E-state index < -0.39 is 0 Å². The minimum atomic E-state index is -0.153. The molecular formula is C19H16N6O. The molecule has 0 saturated heterocycles. The molecule has 0 aliphatic rings. The van der Waals surface area contributed by atoms with E-state index in [0.29, 0.717) is 29.1 Å². The highest BCUT2D eigenvalue weighted by Crippen LogP contribution is 2.17. The van der Waals surface area contributed by atoms with Gasteiger partial charge in [-0.25, -0.2) is 15.0 Å². The Labute approximate surface area is 149 Å². The highest BCUT2D eigenvalue weighted by Gasteiger charge is 2.10. The number of anilines is 2. The third-order valence-corrected chi connectivity index (χ3v) is 4.00. The number of amides is 1. The summed E-state index contributed by atoms with van der Waals surface area (Å²) in [6.07, 6.45) is 3.09. The van der Waals surface area contributed by atoms with Gasteiger partial charge >= 0.3 is 0 Å². The monoisotopic (exact) mass is 344 g/mol. The minimum Gasteiger partial charge on any atom is -0.382 e. The summed E-state index contributed by atoms with van der Waals surface area (Å²) < 4.78 is 1.88. The standard InChI is InChI=1S/C19H16N6O/c20-17-16-18(22-11-21-17)25(12-23-16)10-13-5-4-6-14(9-13)19(26)24-15-7-2-1-3-8-15/h1-9,11-12H,10H2,(H,24,26)(H2,20,21,22). The number of benzene rings is 2. The highest BCUT2D eigenvalue weighted by atomic mass is 16.1. The molecule has 128 valence electrons. The second-order valence-electron chi connectivity index (χ2n) is 5.82. The number of aromatic nitrogens is 4. The van der Waals surface area contributed by atoms with Crippen molar-refractivity contribution < 1.29 is 4.79 Å². The Balaban J connectivity index is 1.57. The van der Waals surface area contributed by atoms with Crippen LogP contribution in [0.2, 0.25) is 0 Å². The summed E-state index contributed by atoms with van der Waals surface area (Å²) in [7, 11) is 0. The van der Waals surface area contributed by atoms with Crippen LogP contribution in [0.1, 0.15) is 15.9 Å². The normalized spacial score (nSPS) is 10.8. The van der Waals surface area contributed by atoms with Crippen LogP contribution in [0.3, 0.4) is 0 Å². The molecule has 4 aromatic rings. The third-order valence-electron chi connectivity index (χ3n) is 4.00. The van der Waals surface area contributed by atoms with Gasteiger partial charge in [0.2, 0.25) is 0 Å². The number of nitrogens with zero attached hydrogens (tertiary/aromatic N) is 4. The van der Waals surface area contributed by atoms with Gasteiger partial charge in [0.25, 0.3) is 5.91 Å². The molecule has 7 heteroatoms. The lowest BCUT2D eigenvalue weighted by Crippen LogP contribution is -2.12. The summed E-state index contributed by atoms with van der Waals surface area (Å²) >= 11 is 0. The highest BCUT2D eigenvalue weighted by molar-refractivity contribution is 6.04. The first-order chi connectivity index (χ1) is 12.7. The quantitative estimate of drug-likeness (QED) is 0.593. The Morgan fingerprint density at radius 3 is 2.73 bits per heavy atom. The van der Waals surface area contributed by atoms with Gasteiger partial charge in [0.15, 0.2) is 11.5 Å². The van der Waals surface area contributed by atoms with E-state index in [2.05, 4.69) is 20.3 Å². The fourth-order valence-electron chi connectivity index (χ4n) is 2.75. The molecule has 4 rings (SSSR count). The molecule has 2 aromatic heterocycles. The van der Waals surface area contributed by atoms with Crippen molar-refractivity contribution in [3.05, 3.63) is 78.4 Å². The maximum atomic E-state index is 12.5. The van der Waals surface area contributed by atoms with Gasteiger partial charge in [-0.3, -0.25) is 4.79 Å². The largest absolute Gasteiger partial charge is 0.382 e. The van der Waals surface area contributed by atoms with Gasteiger partial charge in [-0.2, -0.15) is 0 Å². The van der Waals surface area contributed by atoms with Gasteiger partial charge < -0.3 is 15.6 Å². The van der Waals surface area contributed by atoms with Gasteiger partial charge in [0.05, 0.1) is 12.9 Å². The smallest absolute Gasteiger partial charge is 0.255 e. The zero-order valence-electron chi connectivity index (χ0n) is 13.8. The number of hydrogen-bond donors (Lipinski definition) is 2. The first-order valence-electron chi connectivity index (χ1n) is 8.07. The van der Waals surface area contributed by atoms with Crippen molar-refractivity contribution in [3.8, 4) is 0 Å². The molecule has 0 bridgehead atoms. The molecule has 0 fully saturated rings. The summed E-state index contributed by atoms with van der Waals surface area (Å²) in [5.41, 5.74) is 9.37. The van der Waals surface area contributed by atoms with Crippen LogP contribution < -0.4 is 11.1 Å². The number of nitrogen functional groups attached to an aromatic ring is 1. The molecule has 2 aromatic carbocycles. The van der Waals surface area contributed by atoms with E-state index in [1.54, 1.807) is 12.4 Å². The predicted molar refractivity (Wildman–Crippen MR) is 99.7 cm³/mol. The summed E-state index contributed by atoms with van der Waals surface area (Å²) in [5, 5.41) is 2.89. The SMILES string of the molecule is Nc1ncnc2c1ncn2Cc1cccc(C(=O)Nc2ccccc2)c1. The van der Waals surface area contributed by atoms with Crippen molar-refractivity contribution >= 4 is 28.6 Å². The maximum Gasteiger partial charge on any atom is 0.255 e. The predicted octanol–water partition coefficient (Wildman–Crippen LogP) is 2.71. The summed E-state index contributed by atoms with van der Waals surface area (Å²) in [4.78, 5) is 24.9. The number of nitrogens with one attached hydrogen (secondary N) is 1. The topological polar surface area (TPSA) is 98.7 Å². The van der Waals surface area contributed by atoms with Gasteiger partial charge in [-0.1, -0.05) is 30.3 Å². The maximum absolute atomic E-state index is 12.5. The summed E-state index contributed by atoms with van der Waals surface area (Å²) in [5.74, 6) is 0.199. The molecule has 0 aliphatic carbocycles. The first kappa shape index (κ1) is 15.8. The van der Waals surface area contributed by atoms with Crippen LogP contribution in [0, 0.1) is 0 Å². The van der Waals surface area contributed by atoms with Crippen molar-refractivity contribution in [2.45, 2.75) is 6.54 Å². The first-order valence-corrected chi connectivity index (χ1v) is 8.07. The Kier molecular flexibility index (Phi) is 4.03. The molecule has 0 atom stereocenters. The van der Waals surface area contributed by atoms with E-state index in [-0.39, 0.29) is 5.91 Å². The molecule has 1 amide bonds. The Bertz CT molecular complexity index is 1070. The fraction of sp³-hybridized carbons (Fsp3) is 0.0526. The number of imidazole rings is 1. The van der Waals surface area contributed by atoms with E-state index >= 15 is 0 Å². The molecule has 0 radical (unpaired) electrons. The van der Waals surface area contributed by atoms with E-state index in [1.807, 2.05) is 53.1 Å². The van der Waals surface area contributed by atoms with E-state index in [4.69, 9.17) is 5.73 Å². The number of para-hydroxylation sites is 1. The number of fused-ring (bicyclic) bond motifs is 1. The fourth-order valence-corrected chi connectivity index (χ4v) is 2.75. The van der Waals surface area contributed by atoms with Crippen molar-refractivity contribution in [1.29, 1.82) is 0 Å². The zero-order valence-corrected chi connectivity index (χ0v) is 13.8. The molecule has 0 aliphatic heterocycles. The van der Waals surface area contributed by atoms with Gasteiger partial charge in [0, 0.05) is 11.3 Å². The average molecular weight is 344 g/mol. The van der Waals surface area contributed by atoms with Gasteiger partial charge in [0.1, 0.15) is 11.8 Å². The lowest BCUT2D eigenvalue weighted by atomic mass is 10.1. The van der Waals surface area contributed by atoms with Crippen LogP contribution in [0.4, 0.5) is 11.5 Å². The van der Waals surface area contributed by atoms with Crippen LogP contribution in [0.25, 0.3) is 11.2 Å². The second-order valence-corrected chi connectivity index (χ2v) is 5.82. The van der Waals surface area contributed by atoms with Gasteiger partial charge in [-0.15, -0.1) is 0 Å². The minimum absolute atomic E-state index is 0.153. The Morgan fingerprint density at radius 2 is 1.88 bits per heavy atom. The molecule has 0 spiro atoms. The van der Waals surface area contributed by atoms with Crippen molar-refractivity contribution in [1.82, 2.24) is 19.5 Å². The van der Waals surface area contributed by atoms with Crippen molar-refractivity contribution in [2.24, 2.45) is 0 Å².